The van der Waals surface area contributed by atoms with Gasteiger partial charge in [-0.1, -0.05) is 68.7 Å². The standard InChI is InChI=1S/C17H27F2NO3S/c1-2-3-4-5-6-7-8-9-10-11-12-16-17(19)15(18)13-14-20(16)24(21,22)23/h13-14H,2-12H2,1H3. The van der Waals surface area contributed by atoms with Gasteiger partial charge in [-0.2, -0.15) is 12.8 Å². The van der Waals surface area contributed by atoms with Gasteiger partial charge in [0, 0.05) is 12.5 Å². The number of nitrogens with zero attached hydrogens (tertiary/aromatic N) is 1. The maximum absolute atomic E-state index is 13.8. The number of aromatic nitrogens is 1. The second kappa shape index (κ2) is 10.7. The molecule has 0 aliphatic carbocycles. The highest BCUT2D eigenvalue weighted by Crippen LogP contribution is 2.14. The number of pyridine rings is 1. The normalized spacial score (nSPS) is 11.8. The summed E-state index contributed by atoms with van der Waals surface area (Å²) in [5, 5.41) is 0. The number of hydrogen-bond acceptors (Lipinski definition) is 3. The van der Waals surface area contributed by atoms with E-state index in [-0.39, 0.29) is 6.42 Å². The van der Waals surface area contributed by atoms with Crippen LogP contribution in [0, 0.1) is 11.6 Å². The Hall–Kier alpha value is -1.08. The van der Waals surface area contributed by atoms with Crippen molar-refractivity contribution >= 4 is 10.3 Å². The monoisotopic (exact) mass is 363 g/mol. The van der Waals surface area contributed by atoms with Gasteiger partial charge in [0.1, 0.15) is 0 Å². The Labute approximate surface area is 143 Å². The molecule has 0 aromatic carbocycles. The van der Waals surface area contributed by atoms with Gasteiger partial charge < -0.3 is 4.55 Å². The molecule has 0 aliphatic rings. The van der Waals surface area contributed by atoms with E-state index in [0.717, 1.165) is 31.9 Å². The molecule has 24 heavy (non-hydrogen) atoms. The molecule has 0 saturated heterocycles. The second-order valence-electron chi connectivity index (χ2n) is 6.11. The first-order valence-corrected chi connectivity index (χ1v) is 10.1. The summed E-state index contributed by atoms with van der Waals surface area (Å²) in [5.41, 5.74) is -0.399. The summed E-state index contributed by atoms with van der Waals surface area (Å²) in [6, 6.07) is 0.646. The zero-order valence-electron chi connectivity index (χ0n) is 14.3. The third-order valence-corrected chi connectivity index (χ3v) is 4.92. The molecule has 1 aromatic heterocycles. The quantitative estimate of drug-likeness (QED) is 0.320. The highest BCUT2D eigenvalue weighted by atomic mass is 32.2. The molecule has 4 nitrogen and oxygen atoms in total. The van der Waals surface area contributed by atoms with Crippen molar-refractivity contribution in [3.8, 4) is 0 Å². The molecule has 1 rings (SSSR count). The number of halogens is 2. The summed E-state index contributed by atoms with van der Waals surface area (Å²) in [4.78, 5) is 0. The molecular formula is C17H27F2NO3S. The zero-order valence-corrected chi connectivity index (χ0v) is 15.1. The van der Waals surface area contributed by atoms with Crippen molar-refractivity contribution in [3.05, 3.63) is 29.6 Å². The lowest BCUT2D eigenvalue weighted by molar-refractivity contribution is -0.532. The molecule has 7 heteroatoms. The third kappa shape index (κ3) is 7.21. The van der Waals surface area contributed by atoms with Crippen LogP contribution in [0.5, 0.6) is 0 Å². The SMILES string of the molecule is CCCCCCCCCCCCc1c(F)c(F)cc[n+]1S(=O)(=O)[O-]. The fraction of sp³-hybridized carbons (Fsp3) is 0.706. The van der Waals surface area contributed by atoms with Crippen LogP contribution in [0.1, 0.15) is 76.8 Å². The third-order valence-electron chi connectivity index (χ3n) is 4.09. The second-order valence-corrected chi connectivity index (χ2v) is 7.36. The highest BCUT2D eigenvalue weighted by molar-refractivity contribution is 7.78. The summed E-state index contributed by atoms with van der Waals surface area (Å²) < 4.78 is 60.7. The van der Waals surface area contributed by atoms with Gasteiger partial charge in [0.05, 0.1) is 0 Å². The average Bonchev–Trinajstić information content (AvgIpc) is 2.51. The summed E-state index contributed by atoms with van der Waals surface area (Å²) in [5.74, 6) is -2.40. The number of rotatable bonds is 12. The minimum Gasteiger partial charge on any atom is -0.693 e. The van der Waals surface area contributed by atoms with Crippen LogP contribution in [0.15, 0.2) is 12.3 Å². The smallest absolute Gasteiger partial charge is 0.330 e. The zero-order chi connectivity index (χ0) is 18.0. The number of hydrogen-bond donors (Lipinski definition) is 0. The first-order valence-electron chi connectivity index (χ1n) is 8.73. The Morgan fingerprint density at radius 1 is 0.958 bits per heavy atom. The van der Waals surface area contributed by atoms with Crippen molar-refractivity contribution in [2.24, 2.45) is 0 Å². The van der Waals surface area contributed by atoms with Gasteiger partial charge >= 0.3 is 10.3 Å². The Morgan fingerprint density at radius 3 is 1.96 bits per heavy atom. The van der Waals surface area contributed by atoms with Crippen molar-refractivity contribution in [2.75, 3.05) is 0 Å². The predicted octanol–water partition coefficient (Wildman–Crippen LogP) is 4.02. The molecule has 0 saturated carbocycles. The Kier molecular flexibility index (Phi) is 9.36. The van der Waals surface area contributed by atoms with Crippen LogP contribution >= 0.6 is 0 Å². The minimum absolute atomic E-state index is 0.0293. The lowest BCUT2D eigenvalue weighted by atomic mass is 10.0. The minimum atomic E-state index is -4.88. The van der Waals surface area contributed by atoms with Gasteiger partial charge in [-0.15, -0.1) is 0 Å². The molecule has 0 spiro atoms. The van der Waals surface area contributed by atoms with Gasteiger partial charge in [0.2, 0.25) is 11.5 Å². The summed E-state index contributed by atoms with van der Waals surface area (Å²) in [6.07, 6.45) is 11.6. The Balaban J connectivity index is 2.37. The summed E-state index contributed by atoms with van der Waals surface area (Å²) in [6.45, 7) is 2.18. The van der Waals surface area contributed by atoms with Crippen LogP contribution in [0.25, 0.3) is 0 Å². The fourth-order valence-electron chi connectivity index (χ4n) is 2.74. The average molecular weight is 363 g/mol. The lowest BCUT2D eigenvalue weighted by Crippen LogP contribution is -2.47. The van der Waals surface area contributed by atoms with E-state index in [1.807, 2.05) is 0 Å². The molecule has 0 radical (unpaired) electrons. The van der Waals surface area contributed by atoms with Gasteiger partial charge in [0.15, 0.2) is 12.0 Å². The van der Waals surface area contributed by atoms with Gasteiger partial charge in [-0.05, 0) is 6.42 Å². The van der Waals surface area contributed by atoms with E-state index in [9.17, 15) is 21.8 Å². The molecule has 0 aliphatic heterocycles. The van der Waals surface area contributed by atoms with Crippen molar-refractivity contribution in [1.82, 2.24) is 0 Å². The largest absolute Gasteiger partial charge is 0.693 e. The number of unbranched alkanes of at least 4 members (excludes halogenated alkanes) is 9. The van der Waals surface area contributed by atoms with E-state index in [1.54, 1.807) is 0 Å². The first kappa shape index (κ1) is 21.0. The van der Waals surface area contributed by atoms with Crippen molar-refractivity contribution in [3.63, 3.8) is 0 Å². The molecule has 0 amide bonds. The maximum atomic E-state index is 13.8. The van der Waals surface area contributed by atoms with Crippen LogP contribution in [-0.2, 0) is 16.7 Å². The van der Waals surface area contributed by atoms with E-state index in [4.69, 9.17) is 0 Å². The molecule has 0 bridgehead atoms. The van der Waals surface area contributed by atoms with E-state index < -0.39 is 27.6 Å². The van der Waals surface area contributed by atoms with Crippen molar-refractivity contribution in [1.29, 1.82) is 0 Å². The molecule has 1 aromatic rings. The van der Waals surface area contributed by atoms with Gasteiger partial charge in [-0.25, -0.2) is 4.39 Å². The van der Waals surface area contributed by atoms with E-state index >= 15 is 0 Å². The van der Waals surface area contributed by atoms with Crippen LogP contribution < -0.4 is 3.97 Å². The van der Waals surface area contributed by atoms with Gasteiger partial charge in [0.25, 0.3) is 0 Å². The first-order chi connectivity index (χ1) is 11.4. The van der Waals surface area contributed by atoms with E-state index in [2.05, 4.69) is 6.92 Å². The molecule has 0 fully saturated rings. The van der Waals surface area contributed by atoms with Crippen molar-refractivity contribution in [2.45, 2.75) is 77.6 Å². The van der Waals surface area contributed by atoms with Crippen LogP contribution in [-0.4, -0.2) is 13.0 Å². The topological polar surface area (TPSA) is 61.1 Å². The summed E-state index contributed by atoms with van der Waals surface area (Å²) >= 11 is 0. The predicted molar refractivity (Wildman–Crippen MR) is 87.2 cm³/mol. The van der Waals surface area contributed by atoms with Gasteiger partial charge in [-0.3, -0.25) is 0 Å². The molecular weight excluding hydrogens is 336 g/mol. The van der Waals surface area contributed by atoms with Crippen LogP contribution in [0.3, 0.4) is 0 Å². The molecule has 0 unspecified atom stereocenters. The van der Waals surface area contributed by atoms with Crippen LogP contribution in [0.2, 0.25) is 0 Å². The lowest BCUT2D eigenvalue weighted by Gasteiger charge is -2.07. The highest BCUT2D eigenvalue weighted by Gasteiger charge is 2.24. The molecule has 0 atom stereocenters. The Morgan fingerprint density at radius 2 is 1.46 bits per heavy atom. The maximum Gasteiger partial charge on any atom is 0.330 e. The van der Waals surface area contributed by atoms with Crippen molar-refractivity contribution < 1.29 is 25.7 Å². The van der Waals surface area contributed by atoms with E-state index in [1.165, 1.54) is 32.1 Å². The fourth-order valence-corrected chi connectivity index (χ4v) is 3.39. The Bertz CT molecular complexity index is 606. The summed E-state index contributed by atoms with van der Waals surface area (Å²) in [7, 11) is -4.88. The molecule has 0 N–H and O–H groups in total. The molecule has 1 heterocycles. The molecule has 138 valence electrons. The van der Waals surface area contributed by atoms with Crippen LogP contribution in [0.4, 0.5) is 8.78 Å². The van der Waals surface area contributed by atoms with E-state index in [0.29, 0.717) is 16.5 Å².